The second-order valence-electron chi connectivity index (χ2n) is 15.5. The molecular weight excluding hydrogens is 691 g/mol. The number of para-hydroxylation sites is 3. The molecule has 0 amide bonds. The van der Waals surface area contributed by atoms with Gasteiger partial charge < -0.3 is 4.57 Å². The maximum atomic E-state index is 5.35. The topological polar surface area (TPSA) is 22.8 Å². The Balaban J connectivity index is 1.10. The second-order valence-corrected chi connectivity index (χ2v) is 15.5. The number of rotatable bonds is 3. The molecule has 0 fully saturated rings. The summed E-state index contributed by atoms with van der Waals surface area (Å²) >= 11 is 0. The summed E-state index contributed by atoms with van der Waals surface area (Å²) in [5.74, 6) is 0.969. The summed E-state index contributed by atoms with van der Waals surface area (Å²) < 4.78 is 4.83. The molecule has 11 aromatic rings. The number of aromatic nitrogens is 3. The minimum atomic E-state index is -0.536. The quantitative estimate of drug-likeness (QED) is 0.178. The molecule has 0 saturated carbocycles. The maximum absolute atomic E-state index is 5.35. The van der Waals surface area contributed by atoms with Crippen molar-refractivity contribution in [3.63, 3.8) is 0 Å². The number of nitrogens with zero attached hydrogens (tertiary/aromatic N) is 3. The lowest BCUT2D eigenvalue weighted by atomic mass is 9.65. The average Bonchev–Trinajstić information content (AvgIpc) is 3.93. The summed E-state index contributed by atoms with van der Waals surface area (Å²) in [6.07, 6.45) is 0. The Bertz CT molecular complexity index is 3460. The summed E-state index contributed by atoms with van der Waals surface area (Å²) in [6.45, 7) is 0. The molecule has 1 spiro atoms. The number of benzene rings is 9. The van der Waals surface area contributed by atoms with Gasteiger partial charge in [0, 0.05) is 22.0 Å². The van der Waals surface area contributed by atoms with Gasteiger partial charge in [-0.3, -0.25) is 4.57 Å². The third kappa shape index (κ3) is 3.97. The van der Waals surface area contributed by atoms with Crippen molar-refractivity contribution in [1.82, 2.24) is 14.1 Å². The predicted octanol–water partition coefficient (Wildman–Crippen LogP) is 13.3. The predicted molar refractivity (Wildman–Crippen MR) is 235 cm³/mol. The largest absolute Gasteiger partial charge is 0.309 e. The van der Waals surface area contributed by atoms with E-state index in [1.807, 2.05) is 0 Å². The summed E-state index contributed by atoms with van der Waals surface area (Å²) in [5, 5.41) is 5.06. The van der Waals surface area contributed by atoms with Crippen molar-refractivity contribution in [3.05, 3.63) is 222 Å². The van der Waals surface area contributed by atoms with Crippen molar-refractivity contribution in [2.45, 2.75) is 5.41 Å². The fourth-order valence-electron chi connectivity index (χ4n) is 10.4. The third-order valence-electron chi connectivity index (χ3n) is 12.7. The zero-order chi connectivity index (χ0) is 37.2. The van der Waals surface area contributed by atoms with Crippen LogP contribution in [0.1, 0.15) is 22.3 Å². The highest BCUT2D eigenvalue weighted by Crippen LogP contribution is 2.61. The van der Waals surface area contributed by atoms with Crippen LogP contribution < -0.4 is 0 Å². The van der Waals surface area contributed by atoms with E-state index in [0.717, 1.165) is 22.6 Å². The molecule has 0 N–H and O–H groups in total. The van der Waals surface area contributed by atoms with Crippen molar-refractivity contribution in [2.75, 3.05) is 0 Å². The molecule has 2 aromatic heterocycles. The van der Waals surface area contributed by atoms with Crippen LogP contribution in [0.4, 0.5) is 0 Å². The molecule has 0 bridgehead atoms. The molecule has 3 heteroatoms. The van der Waals surface area contributed by atoms with Crippen LogP contribution in [-0.2, 0) is 5.41 Å². The standard InChI is InChI=1S/C54H33N3/c1-3-15-35(16-4-1)53-55-47-24-13-23-45-52(47)57(53)49-25-12-11-22-44(49)54(45)43-21-10-9-20-40(43)41-29-26-37(33-46(41)54)36-28-30-48-42(32-36)51-39-19-8-7-14-34(39)27-31-50(51)56(48)38-17-5-2-6-18-38/h1-33H. The molecule has 9 aromatic carbocycles. The van der Waals surface area contributed by atoms with Crippen molar-refractivity contribution in [3.8, 4) is 45.0 Å². The Morgan fingerprint density at radius 3 is 1.98 bits per heavy atom. The number of hydrogen-bond donors (Lipinski definition) is 0. The van der Waals surface area contributed by atoms with Gasteiger partial charge in [0.15, 0.2) is 0 Å². The Hall–Kier alpha value is -7.49. The van der Waals surface area contributed by atoms with Gasteiger partial charge in [0.25, 0.3) is 0 Å². The van der Waals surface area contributed by atoms with E-state index >= 15 is 0 Å². The molecule has 1 aliphatic carbocycles. The molecule has 0 radical (unpaired) electrons. The molecule has 1 atom stereocenters. The minimum absolute atomic E-state index is 0.536. The SMILES string of the molecule is c1ccc(-c2nc3cccc4c3n2-c2ccccc2C42c3ccccc3-c3ccc(-c4ccc5c(c4)c4c6ccccc6ccc4n5-c4ccccc4)cc32)cc1. The van der Waals surface area contributed by atoms with Crippen LogP contribution in [0.2, 0.25) is 0 Å². The first-order valence-corrected chi connectivity index (χ1v) is 19.7. The summed E-state index contributed by atoms with van der Waals surface area (Å²) in [5.41, 5.74) is 17.7. The zero-order valence-corrected chi connectivity index (χ0v) is 30.9. The Morgan fingerprint density at radius 1 is 0.404 bits per heavy atom. The Kier molecular flexibility index (Phi) is 6.10. The van der Waals surface area contributed by atoms with Crippen LogP contribution in [-0.4, -0.2) is 14.1 Å². The van der Waals surface area contributed by atoms with Crippen LogP contribution in [0.25, 0.3) is 88.6 Å². The fourth-order valence-corrected chi connectivity index (χ4v) is 10.4. The molecule has 1 aliphatic heterocycles. The van der Waals surface area contributed by atoms with Gasteiger partial charge in [-0.1, -0.05) is 152 Å². The summed E-state index contributed by atoms with van der Waals surface area (Å²) in [4.78, 5) is 5.35. The Morgan fingerprint density at radius 2 is 1.09 bits per heavy atom. The highest BCUT2D eigenvalue weighted by atomic mass is 15.1. The lowest BCUT2D eigenvalue weighted by molar-refractivity contribution is 0.746. The van der Waals surface area contributed by atoms with E-state index in [4.69, 9.17) is 4.98 Å². The fraction of sp³-hybridized carbons (Fsp3) is 0.0185. The van der Waals surface area contributed by atoms with Crippen LogP contribution in [0.15, 0.2) is 200 Å². The van der Waals surface area contributed by atoms with Gasteiger partial charge in [-0.15, -0.1) is 0 Å². The van der Waals surface area contributed by atoms with Gasteiger partial charge in [-0.2, -0.15) is 0 Å². The molecule has 1 unspecified atom stereocenters. The smallest absolute Gasteiger partial charge is 0.145 e. The monoisotopic (exact) mass is 723 g/mol. The Labute approximate surface area is 329 Å². The van der Waals surface area contributed by atoms with Crippen LogP contribution in [0, 0.1) is 0 Å². The number of imidazole rings is 1. The number of hydrogen-bond acceptors (Lipinski definition) is 1. The molecule has 13 rings (SSSR count). The normalized spacial score (nSPS) is 15.1. The van der Waals surface area contributed by atoms with E-state index < -0.39 is 5.41 Å². The molecule has 0 saturated heterocycles. The van der Waals surface area contributed by atoms with Crippen LogP contribution in [0.5, 0.6) is 0 Å². The van der Waals surface area contributed by atoms with E-state index in [2.05, 4.69) is 209 Å². The summed E-state index contributed by atoms with van der Waals surface area (Å²) in [6, 6.07) is 73.7. The van der Waals surface area contributed by atoms with Crippen molar-refractivity contribution in [1.29, 1.82) is 0 Å². The van der Waals surface area contributed by atoms with Crippen LogP contribution >= 0.6 is 0 Å². The van der Waals surface area contributed by atoms with Gasteiger partial charge in [0.1, 0.15) is 5.82 Å². The molecule has 57 heavy (non-hydrogen) atoms. The van der Waals surface area contributed by atoms with E-state index in [-0.39, 0.29) is 0 Å². The zero-order valence-electron chi connectivity index (χ0n) is 30.9. The maximum Gasteiger partial charge on any atom is 0.145 e. The van der Waals surface area contributed by atoms with E-state index in [0.29, 0.717) is 0 Å². The van der Waals surface area contributed by atoms with Crippen molar-refractivity contribution >= 4 is 43.6 Å². The molecule has 2 aliphatic rings. The first kappa shape index (κ1) is 30.8. The molecule has 3 heterocycles. The average molecular weight is 724 g/mol. The van der Waals surface area contributed by atoms with E-state index in [1.54, 1.807) is 0 Å². The number of fused-ring (bicyclic) bond motifs is 14. The summed E-state index contributed by atoms with van der Waals surface area (Å²) in [7, 11) is 0. The highest BCUT2D eigenvalue weighted by Gasteiger charge is 2.51. The van der Waals surface area contributed by atoms with Crippen molar-refractivity contribution < 1.29 is 0 Å². The van der Waals surface area contributed by atoms with E-state index in [9.17, 15) is 0 Å². The highest BCUT2D eigenvalue weighted by molar-refractivity contribution is 6.22. The van der Waals surface area contributed by atoms with E-state index in [1.165, 1.54) is 88.3 Å². The molecule has 264 valence electrons. The lowest BCUT2D eigenvalue weighted by Crippen LogP contribution is -2.33. The first-order chi connectivity index (χ1) is 28.3. The minimum Gasteiger partial charge on any atom is -0.309 e. The van der Waals surface area contributed by atoms with Gasteiger partial charge >= 0.3 is 0 Å². The third-order valence-corrected chi connectivity index (χ3v) is 12.7. The van der Waals surface area contributed by atoms with Gasteiger partial charge in [0.05, 0.1) is 33.2 Å². The van der Waals surface area contributed by atoms with Gasteiger partial charge in [0.2, 0.25) is 0 Å². The lowest BCUT2D eigenvalue weighted by Gasteiger charge is -2.39. The second kappa shape index (κ2) is 11.3. The van der Waals surface area contributed by atoms with Crippen molar-refractivity contribution in [2.24, 2.45) is 0 Å². The van der Waals surface area contributed by atoms with Gasteiger partial charge in [-0.05, 0) is 104 Å². The molecular formula is C54H33N3. The van der Waals surface area contributed by atoms with Crippen LogP contribution in [0.3, 0.4) is 0 Å². The van der Waals surface area contributed by atoms with Gasteiger partial charge in [-0.25, -0.2) is 4.98 Å². The molecule has 3 nitrogen and oxygen atoms in total. The first-order valence-electron chi connectivity index (χ1n) is 19.7.